The van der Waals surface area contributed by atoms with Gasteiger partial charge in [-0.25, -0.2) is 5.43 Å². The zero-order valence-corrected chi connectivity index (χ0v) is 19.6. The van der Waals surface area contributed by atoms with Crippen LogP contribution < -0.4 is 15.5 Å². The highest BCUT2D eigenvalue weighted by Gasteiger charge is 2.13. The van der Waals surface area contributed by atoms with Crippen molar-refractivity contribution in [1.29, 1.82) is 0 Å². The van der Waals surface area contributed by atoms with E-state index in [0.29, 0.717) is 17.4 Å². The van der Waals surface area contributed by atoms with Crippen LogP contribution in [0.2, 0.25) is 5.02 Å². The van der Waals surface area contributed by atoms with Gasteiger partial charge in [-0.2, -0.15) is 5.10 Å². The van der Waals surface area contributed by atoms with E-state index in [1.54, 1.807) is 19.2 Å². The molecule has 0 saturated carbocycles. The van der Waals surface area contributed by atoms with Crippen molar-refractivity contribution in [1.82, 2.24) is 5.43 Å². The molecule has 3 aromatic carbocycles. The average Bonchev–Trinajstić information content (AvgIpc) is 2.75. The summed E-state index contributed by atoms with van der Waals surface area (Å²) >= 11 is 9.44. The normalized spacial score (nSPS) is 11.9. The zero-order chi connectivity index (χ0) is 22.2. The van der Waals surface area contributed by atoms with Crippen LogP contribution in [0.5, 0.6) is 5.75 Å². The third-order valence-electron chi connectivity index (χ3n) is 4.53. The Morgan fingerprint density at radius 2 is 1.97 bits per heavy atom. The number of hydrogen-bond acceptors (Lipinski definition) is 4. The lowest BCUT2D eigenvalue weighted by Crippen LogP contribution is -2.35. The predicted octanol–water partition coefficient (Wildman–Crippen LogP) is 5.94. The first kappa shape index (κ1) is 22.8. The van der Waals surface area contributed by atoms with Crippen molar-refractivity contribution >= 4 is 45.3 Å². The van der Waals surface area contributed by atoms with Crippen LogP contribution in [0.3, 0.4) is 0 Å². The van der Waals surface area contributed by atoms with Crippen LogP contribution in [-0.4, -0.2) is 18.2 Å². The third-order valence-corrected chi connectivity index (χ3v) is 5.26. The Bertz CT molecular complexity index is 1090. The second kappa shape index (κ2) is 11.0. The van der Waals surface area contributed by atoms with E-state index < -0.39 is 6.04 Å². The van der Waals surface area contributed by atoms with Gasteiger partial charge >= 0.3 is 0 Å². The molecule has 1 atom stereocenters. The minimum Gasteiger partial charge on any atom is -0.488 e. The summed E-state index contributed by atoms with van der Waals surface area (Å²) in [5, 5.41) is 7.92. The first-order valence-electron chi connectivity index (χ1n) is 9.74. The Morgan fingerprint density at radius 1 is 1.16 bits per heavy atom. The van der Waals surface area contributed by atoms with E-state index in [4.69, 9.17) is 16.3 Å². The Kier molecular flexibility index (Phi) is 8.09. The molecule has 1 amide bonds. The first-order chi connectivity index (χ1) is 14.9. The fraction of sp³-hybridized carbons (Fsp3) is 0.167. The van der Waals surface area contributed by atoms with E-state index in [0.717, 1.165) is 26.9 Å². The topological polar surface area (TPSA) is 62.7 Å². The summed E-state index contributed by atoms with van der Waals surface area (Å²) in [4.78, 5) is 12.4. The van der Waals surface area contributed by atoms with Gasteiger partial charge in [-0.15, -0.1) is 0 Å². The molecule has 0 unspecified atom stereocenters. The maximum Gasteiger partial charge on any atom is 0.262 e. The number of nitrogens with zero attached hydrogens (tertiary/aromatic N) is 1. The smallest absolute Gasteiger partial charge is 0.262 e. The molecule has 0 heterocycles. The molecule has 0 saturated heterocycles. The molecule has 0 aromatic heterocycles. The molecule has 0 aliphatic carbocycles. The minimum absolute atomic E-state index is 0.252. The van der Waals surface area contributed by atoms with E-state index in [2.05, 4.69) is 31.8 Å². The van der Waals surface area contributed by atoms with Gasteiger partial charge in [0.05, 0.1) is 6.21 Å². The number of hydrogen-bond donors (Lipinski definition) is 2. The number of carbonyl (C=O) groups is 1. The van der Waals surface area contributed by atoms with E-state index in [1.807, 2.05) is 67.6 Å². The van der Waals surface area contributed by atoms with Gasteiger partial charge < -0.3 is 10.1 Å². The van der Waals surface area contributed by atoms with Crippen LogP contribution in [0.1, 0.15) is 23.6 Å². The number of aryl methyl sites for hydroxylation is 1. The van der Waals surface area contributed by atoms with Crippen molar-refractivity contribution in [3.63, 3.8) is 0 Å². The molecule has 0 spiro atoms. The van der Waals surface area contributed by atoms with Gasteiger partial charge in [0.15, 0.2) is 0 Å². The third kappa shape index (κ3) is 6.84. The molecule has 0 aliphatic rings. The number of benzene rings is 3. The Balaban J connectivity index is 1.58. The van der Waals surface area contributed by atoms with Gasteiger partial charge in [-0.1, -0.05) is 51.8 Å². The molecule has 0 fully saturated rings. The standard InChI is InChI=1S/C24H23BrClN3O2/c1-16-12-21(26)10-11-22(16)28-17(2)24(30)29-27-14-19-7-3-4-9-23(19)31-15-18-6-5-8-20(25)13-18/h3-14,17,28H,15H2,1-2H3,(H,29,30)/b27-14+/t17-/m1/s1. The van der Waals surface area contributed by atoms with Crippen molar-refractivity contribution in [3.8, 4) is 5.75 Å². The van der Waals surface area contributed by atoms with E-state index in [9.17, 15) is 4.79 Å². The second-order valence-corrected chi connectivity index (χ2v) is 8.37. The number of ether oxygens (including phenoxy) is 1. The molecule has 0 aliphatic heterocycles. The van der Waals surface area contributed by atoms with Crippen molar-refractivity contribution in [2.45, 2.75) is 26.5 Å². The molecule has 5 nitrogen and oxygen atoms in total. The minimum atomic E-state index is -0.472. The quantitative estimate of drug-likeness (QED) is 0.297. The van der Waals surface area contributed by atoms with Crippen LogP contribution in [0.15, 0.2) is 76.3 Å². The van der Waals surface area contributed by atoms with Gasteiger partial charge in [0.2, 0.25) is 0 Å². The summed E-state index contributed by atoms with van der Waals surface area (Å²) in [6, 6.07) is 20.5. The van der Waals surface area contributed by atoms with Crippen LogP contribution in [0.25, 0.3) is 0 Å². The van der Waals surface area contributed by atoms with E-state index >= 15 is 0 Å². The molecule has 31 heavy (non-hydrogen) atoms. The molecular weight excluding hydrogens is 478 g/mol. The summed E-state index contributed by atoms with van der Waals surface area (Å²) in [5.74, 6) is 0.432. The van der Waals surface area contributed by atoms with Crippen molar-refractivity contribution in [2.75, 3.05) is 5.32 Å². The number of anilines is 1. The van der Waals surface area contributed by atoms with Crippen LogP contribution >= 0.6 is 27.5 Å². The Hall–Kier alpha value is -2.83. The monoisotopic (exact) mass is 499 g/mol. The van der Waals surface area contributed by atoms with Gasteiger partial charge in [-0.05, 0) is 67.4 Å². The molecule has 0 bridgehead atoms. The van der Waals surface area contributed by atoms with Gasteiger partial charge in [-0.3, -0.25) is 4.79 Å². The number of halogens is 2. The lowest BCUT2D eigenvalue weighted by molar-refractivity contribution is -0.121. The fourth-order valence-electron chi connectivity index (χ4n) is 2.86. The van der Waals surface area contributed by atoms with Crippen LogP contribution in [-0.2, 0) is 11.4 Å². The highest BCUT2D eigenvalue weighted by molar-refractivity contribution is 9.10. The van der Waals surface area contributed by atoms with Gasteiger partial charge in [0, 0.05) is 20.7 Å². The fourth-order valence-corrected chi connectivity index (χ4v) is 3.53. The largest absolute Gasteiger partial charge is 0.488 e. The lowest BCUT2D eigenvalue weighted by Gasteiger charge is -2.15. The number of hydrazone groups is 1. The Morgan fingerprint density at radius 3 is 2.74 bits per heavy atom. The predicted molar refractivity (Wildman–Crippen MR) is 130 cm³/mol. The highest BCUT2D eigenvalue weighted by Crippen LogP contribution is 2.21. The molecule has 2 N–H and O–H groups in total. The number of amides is 1. The van der Waals surface area contributed by atoms with Crippen LogP contribution in [0, 0.1) is 6.92 Å². The summed E-state index contributed by atoms with van der Waals surface area (Å²) in [6.45, 7) is 4.13. The summed E-state index contributed by atoms with van der Waals surface area (Å²) in [7, 11) is 0. The molecular formula is C24H23BrClN3O2. The van der Waals surface area contributed by atoms with Crippen molar-refractivity contribution < 1.29 is 9.53 Å². The molecule has 3 aromatic rings. The maximum atomic E-state index is 12.4. The second-order valence-electron chi connectivity index (χ2n) is 7.02. The molecule has 0 radical (unpaired) electrons. The Labute approximate surface area is 195 Å². The maximum absolute atomic E-state index is 12.4. The van der Waals surface area contributed by atoms with Crippen molar-refractivity contribution in [2.24, 2.45) is 5.10 Å². The van der Waals surface area contributed by atoms with Gasteiger partial charge in [0.1, 0.15) is 18.4 Å². The van der Waals surface area contributed by atoms with E-state index in [-0.39, 0.29) is 5.91 Å². The van der Waals surface area contributed by atoms with E-state index in [1.165, 1.54) is 0 Å². The highest BCUT2D eigenvalue weighted by atomic mass is 79.9. The summed E-state index contributed by atoms with van der Waals surface area (Å²) in [5.41, 5.74) is 6.20. The first-order valence-corrected chi connectivity index (χ1v) is 10.9. The lowest BCUT2D eigenvalue weighted by atomic mass is 10.2. The van der Waals surface area contributed by atoms with Crippen molar-refractivity contribution in [3.05, 3.63) is 92.9 Å². The number of para-hydroxylation sites is 1. The molecule has 160 valence electrons. The summed E-state index contributed by atoms with van der Waals surface area (Å²) in [6.07, 6.45) is 1.58. The number of nitrogens with one attached hydrogen (secondary N) is 2. The molecule has 7 heteroatoms. The average molecular weight is 501 g/mol. The number of rotatable bonds is 8. The SMILES string of the molecule is Cc1cc(Cl)ccc1N[C@H](C)C(=O)N/N=C/c1ccccc1OCc1cccc(Br)c1. The van der Waals surface area contributed by atoms with Gasteiger partial charge in [0.25, 0.3) is 5.91 Å². The molecule has 3 rings (SSSR count). The summed E-state index contributed by atoms with van der Waals surface area (Å²) < 4.78 is 6.94. The zero-order valence-electron chi connectivity index (χ0n) is 17.2. The van der Waals surface area contributed by atoms with Crippen LogP contribution in [0.4, 0.5) is 5.69 Å². The number of carbonyl (C=O) groups excluding carboxylic acids is 1.